The Kier molecular flexibility index (Phi) is 6.24. The summed E-state index contributed by atoms with van der Waals surface area (Å²) in [5.41, 5.74) is 11.9. The fourth-order valence-corrected chi connectivity index (χ4v) is 6.54. The standard InChI is InChI=1S/C43H30O/c1-3-8-31-25-33(18-13-28(31)4-2)36-22-21-34-26-32(19-20-35(34)27-36)29-14-16-30(17-15-29)37-23-24-42-43-39(37)10-7-11-40(43)38-9-5-6-12-41(38)44-42/h3-27H,2H2,1H3/b8-3-. The lowest BCUT2D eigenvalue weighted by atomic mass is 9.90. The van der Waals surface area contributed by atoms with Crippen LogP contribution in [0, 0.1) is 0 Å². The average molecular weight is 563 g/mol. The molecule has 0 radical (unpaired) electrons. The van der Waals surface area contributed by atoms with E-state index in [-0.39, 0.29) is 0 Å². The van der Waals surface area contributed by atoms with Gasteiger partial charge in [-0.15, -0.1) is 0 Å². The van der Waals surface area contributed by atoms with Crippen LogP contribution < -0.4 is 4.74 Å². The third-order valence-corrected chi connectivity index (χ3v) is 8.76. The van der Waals surface area contributed by atoms with E-state index in [1.54, 1.807) is 0 Å². The first-order valence-electron chi connectivity index (χ1n) is 15.1. The molecule has 1 aliphatic heterocycles. The van der Waals surface area contributed by atoms with Gasteiger partial charge in [0.15, 0.2) is 0 Å². The first kappa shape index (κ1) is 26.0. The first-order chi connectivity index (χ1) is 21.7. The van der Waals surface area contributed by atoms with Crippen LogP contribution in [0.2, 0.25) is 0 Å². The van der Waals surface area contributed by atoms with Crippen molar-refractivity contribution in [1.82, 2.24) is 0 Å². The average Bonchev–Trinajstić information content (AvgIpc) is 3.08. The molecule has 0 bridgehead atoms. The number of hydrogen-bond donors (Lipinski definition) is 0. The molecule has 1 nitrogen and oxygen atoms in total. The molecule has 0 saturated heterocycles. The molecule has 1 heterocycles. The van der Waals surface area contributed by atoms with Crippen LogP contribution in [0.3, 0.4) is 0 Å². The molecular formula is C43H30O. The monoisotopic (exact) mass is 562 g/mol. The van der Waals surface area contributed by atoms with E-state index >= 15 is 0 Å². The Balaban J connectivity index is 1.12. The van der Waals surface area contributed by atoms with Crippen molar-refractivity contribution < 1.29 is 4.74 Å². The predicted octanol–water partition coefficient (Wildman–Crippen LogP) is 12.4. The van der Waals surface area contributed by atoms with E-state index in [1.165, 1.54) is 66.1 Å². The Labute approximate surface area is 258 Å². The largest absolute Gasteiger partial charge is 0.456 e. The minimum absolute atomic E-state index is 0.914. The van der Waals surface area contributed by atoms with Crippen molar-refractivity contribution in [2.24, 2.45) is 0 Å². The second kappa shape index (κ2) is 10.6. The molecular weight excluding hydrogens is 532 g/mol. The highest BCUT2D eigenvalue weighted by molar-refractivity contribution is 6.10. The fraction of sp³-hybridized carbons (Fsp3) is 0.0233. The van der Waals surface area contributed by atoms with Crippen LogP contribution in [0.25, 0.3) is 78.2 Å². The maximum absolute atomic E-state index is 6.30. The van der Waals surface area contributed by atoms with Gasteiger partial charge < -0.3 is 4.74 Å². The zero-order valence-electron chi connectivity index (χ0n) is 24.5. The molecule has 7 aromatic carbocycles. The van der Waals surface area contributed by atoms with E-state index in [1.807, 2.05) is 25.1 Å². The molecule has 0 spiro atoms. The molecule has 0 aliphatic carbocycles. The molecule has 0 atom stereocenters. The van der Waals surface area contributed by atoms with E-state index in [0.29, 0.717) is 0 Å². The van der Waals surface area contributed by atoms with Crippen LogP contribution in [0.1, 0.15) is 18.1 Å². The maximum atomic E-state index is 6.30. The molecule has 0 aromatic heterocycles. The van der Waals surface area contributed by atoms with Crippen molar-refractivity contribution >= 4 is 33.7 Å². The molecule has 1 heteroatoms. The van der Waals surface area contributed by atoms with Gasteiger partial charge in [-0.05, 0) is 103 Å². The second-order valence-corrected chi connectivity index (χ2v) is 11.3. The number of fused-ring (bicyclic) bond motifs is 3. The zero-order valence-corrected chi connectivity index (χ0v) is 24.5. The lowest BCUT2D eigenvalue weighted by Crippen LogP contribution is -1.97. The van der Waals surface area contributed by atoms with E-state index in [4.69, 9.17) is 4.74 Å². The molecule has 7 aromatic rings. The Morgan fingerprint density at radius 2 is 1.16 bits per heavy atom. The van der Waals surface area contributed by atoms with Crippen molar-refractivity contribution in [3.05, 3.63) is 157 Å². The summed E-state index contributed by atoms with van der Waals surface area (Å²) < 4.78 is 6.30. The summed E-state index contributed by atoms with van der Waals surface area (Å²) >= 11 is 0. The fourth-order valence-electron chi connectivity index (χ4n) is 6.54. The van der Waals surface area contributed by atoms with Gasteiger partial charge in [0.25, 0.3) is 0 Å². The lowest BCUT2D eigenvalue weighted by molar-refractivity contribution is 0.487. The highest BCUT2D eigenvalue weighted by Crippen LogP contribution is 2.48. The molecule has 0 amide bonds. The van der Waals surface area contributed by atoms with Crippen LogP contribution in [0.4, 0.5) is 0 Å². The van der Waals surface area contributed by atoms with Gasteiger partial charge in [-0.25, -0.2) is 0 Å². The highest BCUT2D eigenvalue weighted by Gasteiger charge is 2.21. The third-order valence-electron chi connectivity index (χ3n) is 8.76. The number of para-hydroxylation sites is 1. The quantitative estimate of drug-likeness (QED) is 0.203. The molecule has 0 fully saturated rings. The molecule has 8 rings (SSSR count). The van der Waals surface area contributed by atoms with Crippen LogP contribution in [-0.4, -0.2) is 0 Å². The third kappa shape index (κ3) is 4.33. The Morgan fingerprint density at radius 1 is 0.500 bits per heavy atom. The molecule has 0 N–H and O–H groups in total. The summed E-state index contributed by atoms with van der Waals surface area (Å²) in [6.07, 6.45) is 6.12. The second-order valence-electron chi connectivity index (χ2n) is 11.3. The van der Waals surface area contributed by atoms with Crippen molar-refractivity contribution in [3.63, 3.8) is 0 Å². The summed E-state index contributed by atoms with van der Waals surface area (Å²) in [4.78, 5) is 0. The van der Waals surface area contributed by atoms with Crippen LogP contribution in [0.15, 0.2) is 146 Å². The summed E-state index contributed by atoms with van der Waals surface area (Å²) in [6, 6.07) is 48.1. The zero-order chi connectivity index (χ0) is 29.6. The van der Waals surface area contributed by atoms with Gasteiger partial charge >= 0.3 is 0 Å². The van der Waals surface area contributed by atoms with Crippen molar-refractivity contribution in [2.45, 2.75) is 6.92 Å². The van der Waals surface area contributed by atoms with Gasteiger partial charge in [0.05, 0.1) is 0 Å². The molecule has 1 aliphatic rings. The van der Waals surface area contributed by atoms with Crippen molar-refractivity contribution in [2.75, 3.05) is 0 Å². The van der Waals surface area contributed by atoms with E-state index in [9.17, 15) is 0 Å². The number of ether oxygens (including phenoxy) is 1. The van der Waals surface area contributed by atoms with Gasteiger partial charge in [0.1, 0.15) is 11.5 Å². The number of benzene rings is 7. The summed E-state index contributed by atoms with van der Waals surface area (Å²) in [7, 11) is 0. The SMILES string of the molecule is C=Cc1ccc(-c2ccc3cc(-c4ccc(-c5ccc6c7c(cccc57)-c5ccccc5O6)cc4)ccc3c2)cc1/C=C\C. The molecule has 208 valence electrons. The number of allylic oxidation sites excluding steroid dienone is 1. The summed E-state index contributed by atoms with van der Waals surface area (Å²) in [5, 5.41) is 4.85. The maximum Gasteiger partial charge on any atom is 0.135 e. The van der Waals surface area contributed by atoms with Crippen LogP contribution >= 0.6 is 0 Å². The van der Waals surface area contributed by atoms with Gasteiger partial charge in [-0.1, -0.05) is 128 Å². The minimum Gasteiger partial charge on any atom is -0.456 e. The van der Waals surface area contributed by atoms with Crippen molar-refractivity contribution in [3.8, 4) is 56.0 Å². The predicted molar refractivity (Wildman–Crippen MR) is 188 cm³/mol. The molecule has 0 saturated carbocycles. The highest BCUT2D eigenvalue weighted by atomic mass is 16.5. The van der Waals surface area contributed by atoms with Gasteiger partial charge in [-0.3, -0.25) is 0 Å². The first-order valence-corrected chi connectivity index (χ1v) is 15.1. The molecule has 44 heavy (non-hydrogen) atoms. The molecule has 0 unspecified atom stereocenters. The lowest BCUT2D eigenvalue weighted by Gasteiger charge is -2.22. The smallest absolute Gasteiger partial charge is 0.135 e. The summed E-state index contributed by atoms with van der Waals surface area (Å²) in [6.45, 7) is 6.01. The van der Waals surface area contributed by atoms with Gasteiger partial charge in [0, 0.05) is 10.9 Å². The summed E-state index contributed by atoms with van der Waals surface area (Å²) in [5.74, 6) is 1.83. The number of hydrogen-bond acceptors (Lipinski definition) is 1. The van der Waals surface area contributed by atoms with Crippen LogP contribution in [-0.2, 0) is 0 Å². The van der Waals surface area contributed by atoms with Crippen LogP contribution in [0.5, 0.6) is 11.5 Å². The van der Waals surface area contributed by atoms with Gasteiger partial charge in [-0.2, -0.15) is 0 Å². The normalized spacial score (nSPS) is 11.9. The van der Waals surface area contributed by atoms with Crippen molar-refractivity contribution in [1.29, 1.82) is 0 Å². The van der Waals surface area contributed by atoms with E-state index < -0.39 is 0 Å². The van der Waals surface area contributed by atoms with E-state index in [0.717, 1.165) is 22.6 Å². The topological polar surface area (TPSA) is 9.23 Å². The Morgan fingerprint density at radius 3 is 1.93 bits per heavy atom. The minimum atomic E-state index is 0.914. The number of rotatable bonds is 5. The Hall–Kier alpha value is -5.66. The Bertz CT molecular complexity index is 2270. The van der Waals surface area contributed by atoms with Gasteiger partial charge in [0.2, 0.25) is 0 Å². The van der Waals surface area contributed by atoms with E-state index in [2.05, 4.69) is 140 Å².